The van der Waals surface area contributed by atoms with Crippen molar-refractivity contribution >= 4 is 91.2 Å². The first-order valence-corrected chi connectivity index (χ1v) is 13.0. The Morgan fingerprint density at radius 1 is 0.969 bits per heavy atom. The molecule has 0 radical (unpaired) electrons. The maximum Gasteiger partial charge on any atom is 0.256 e. The summed E-state index contributed by atoms with van der Waals surface area (Å²) >= 11 is 5.76. The molecule has 2 atom stereocenters. The summed E-state index contributed by atoms with van der Waals surface area (Å²) in [5.74, 6) is -1.51. The van der Waals surface area contributed by atoms with E-state index in [0.717, 1.165) is 17.7 Å². The van der Waals surface area contributed by atoms with E-state index in [4.69, 9.17) is 5.73 Å². The van der Waals surface area contributed by atoms with Crippen LogP contribution in [0, 0.1) is 10.7 Å². The number of aliphatic hydroxyl groups is 4. The summed E-state index contributed by atoms with van der Waals surface area (Å²) in [5, 5.41) is 38.3. The minimum Gasteiger partial charge on any atom is -0.394 e. The van der Waals surface area contributed by atoms with E-state index in [-0.39, 0.29) is 33.7 Å². The van der Waals surface area contributed by atoms with Crippen LogP contribution in [-0.2, 0) is 4.79 Å². The number of nitrogens with zero attached hydrogens (tertiary/aromatic N) is 2. The number of nitrogens with two attached hydrogens (primary N) is 1. The normalized spacial score (nSPS) is 16.1. The summed E-state index contributed by atoms with van der Waals surface area (Å²) in [4.78, 5) is 41.2. The number of amides is 3. The smallest absolute Gasteiger partial charge is 0.256 e. The number of halogens is 3. The predicted molar refractivity (Wildman–Crippen MR) is 141 cm³/mol. The molecule has 2 rings (SSSR count). The molecule has 2 unspecified atom stereocenters. The van der Waals surface area contributed by atoms with Gasteiger partial charge in [-0.1, -0.05) is 0 Å². The zero-order valence-electron chi connectivity index (χ0n) is 16.9. The van der Waals surface area contributed by atoms with Crippen LogP contribution in [0.5, 0.6) is 0 Å². The Labute approximate surface area is 225 Å². The van der Waals surface area contributed by atoms with Gasteiger partial charge in [0.2, 0.25) is 5.91 Å². The van der Waals surface area contributed by atoms with Crippen LogP contribution in [-0.4, -0.2) is 88.1 Å². The van der Waals surface area contributed by atoms with Crippen molar-refractivity contribution in [1.82, 2.24) is 4.90 Å². The average Bonchev–Trinajstić information content (AvgIpc) is 2.73. The lowest BCUT2D eigenvalue weighted by Gasteiger charge is -2.32. The van der Waals surface area contributed by atoms with Crippen LogP contribution in [0.1, 0.15) is 40.0 Å². The molecule has 0 saturated carbocycles. The van der Waals surface area contributed by atoms with Gasteiger partial charge in [0, 0.05) is 29.6 Å². The van der Waals surface area contributed by atoms with E-state index >= 15 is 0 Å². The summed E-state index contributed by atoms with van der Waals surface area (Å²) in [6, 6.07) is 0. The van der Waals surface area contributed by atoms with Crippen LogP contribution < -0.4 is 10.6 Å². The summed E-state index contributed by atoms with van der Waals surface area (Å²) in [5.41, 5.74) is 6.26. The number of primary amides is 1. The highest BCUT2D eigenvalue weighted by Gasteiger charge is 2.34. The number of piperidine rings is 1. The first-order valence-electron chi connectivity index (χ1n) is 9.72. The summed E-state index contributed by atoms with van der Waals surface area (Å²) < 4.78 is 1.18. The molecule has 1 aliphatic rings. The summed E-state index contributed by atoms with van der Waals surface area (Å²) in [6.45, 7) is -1.41. The predicted octanol–water partition coefficient (Wildman–Crippen LogP) is 0.265. The fourth-order valence-corrected chi connectivity index (χ4v) is 8.10. The van der Waals surface area contributed by atoms with Crippen LogP contribution in [0.25, 0.3) is 0 Å². The van der Waals surface area contributed by atoms with Gasteiger partial charge in [0.05, 0.1) is 49.4 Å². The molecule has 1 fully saturated rings. The van der Waals surface area contributed by atoms with Crippen LogP contribution in [0.3, 0.4) is 0 Å². The van der Waals surface area contributed by atoms with E-state index in [1.807, 2.05) is 67.8 Å². The zero-order chi connectivity index (χ0) is 24.2. The van der Waals surface area contributed by atoms with Crippen LogP contribution >= 0.6 is 67.8 Å². The molecule has 1 aromatic carbocycles. The van der Waals surface area contributed by atoms with Gasteiger partial charge in [0.1, 0.15) is 0 Å². The first kappa shape index (κ1) is 27.9. The van der Waals surface area contributed by atoms with Gasteiger partial charge in [-0.25, -0.2) is 0 Å². The van der Waals surface area contributed by atoms with Crippen molar-refractivity contribution in [3.63, 3.8) is 0 Å². The molecule has 1 heterocycles. The molecule has 0 aromatic heterocycles. The molecule has 13 heteroatoms. The van der Waals surface area contributed by atoms with Crippen molar-refractivity contribution in [2.24, 2.45) is 5.73 Å². The number of aliphatic hydroxyl groups excluding tert-OH is 4. The maximum absolute atomic E-state index is 13.6. The van der Waals surface area contributed by atoms with E-state index in [0.29, 0.717) is 25.8 Å². The van der Waals surface area contributed by atoms with Crippen molar-refractivity contribution in [2.45, 2.75) is 31.5 Å². The van der Waals surface area contributed by atoms with E-state index in [2.05, 4.69) is 0 Å². The molecular formula is C19H24I3N3O7. The SMILES string of the molecule is NC(=O)c1c(I)c(C(=O)N(CC(O)CO)CC(O)CO)c(I)c(N2CCCCC2=O)c1I. The van der Waals surface area contributed by atoms with Crippen LogP contribution in [0.2, 0.25) is 0 Å². The quantitative estimate of drug-likeness (QED) is 0.225. The molecule has 32 heavy (non-hydrogen) atoms. The van der Waals surface area contributed by atoms with E-state index < -0.39 is 37.2 Å². The molecule has 3 amide bonds. The molecule has 0 spiro atoms. The Morgan fingerprint density at radius 3 is 1.97 bits per heavy atom. The second-order valence-corrected chi connectivity index (χ2v) is 10.5. The Bertz CT molecular complexity index is 888. The number of rotatable bonds is 9. The second-order valence-electron chi connectivity index (χ2n) is 7.29. The number of hydrogen-bond donors (Lipinski definition) is 5. The minimum absolute atomic E-state index is 0.101. The van der Waals surface area contributed by atoms with E-state index in [1.165, 1.54) is 0 Å². The Kier molecular flexibility index (Phi) is 10.8. The number of anilines is 1. The topological polar surface area (TPSA) is 165 Å². The first-order chi connectivity index (χ1) is 15.0. The number of hydrogen-bond acceptors (Lipinski definition) is 7. The number of benzene rings is 1. The van der Waals surface area contributed by atoms with Crippen molar-refractivity contribution < 1.29 is 34.8 Å². The molecular weight excluding hydrogens is 763 g/mol. The lowest BCUT2D eigenvalue weighted by molar-refractivity contribution is -0.119. The molecule has 1 aliphatic heterocycles. The van der Waals surface area contributed by atoms with Gasteiger partial charge in [0.25, 0.3) is 11.8 Å². The van der Waals surface area contributed by atoms with Crippen molar-refractivity contribution in [1.29, 1.82) is 0 Å². The molecule has 0 aliphatic carbocycles. The van der Waals surface area contributed by atoms with Crippen molar-refractivity contribution in [3.05, 3.63) is 21.8 Å². The third kappa shape index (κ3) is 6.21. The van der Waals surface area contributed by atoms with Crippen LogP contribution in [0.15, 0.2) is 0 Å². The largest absolute Gasteiger partial charge is 0.394 e. The Hall–Kier alpha value is -0.340. The highest BCUT2D eigenvalue weighted by Crippen LogP contribution is 2.39. The third-order valence-electron chi connectivity index (χ3n) is 4.92. The molecule has 1 aromatic rings. The fraction of sp³-hybridized carbons (Fsp3) is 0.526. The zero-order valence-corrected chi connectivity index (χ0v) is 23.4. The molecule has 10 nitrogen and oxygen atoms in total. The van der Waals surface area contributed by atoms with Gasteiger partial charge in [-0.2, -0.15) is 0 Å². The lowest BCUT2D eigenvalue weighted by atomic mass is 10.0. The minimum atomic E-state index is -1.28. The van der Waals surface area contributed by atoms with Crippen LogP contribution in [0.4, 0.5) is 5.69 Å². The maximum atomic E-state index is 13.6. The third-order valence-corrected chi connectivity index (χ3v) is 8.10. The van der Waals surface area contributed by atoms with Gasteiger partial charge < -0.3 is 36.0 Å². The second kappa shape index (κ2) is 12.4. The lowest BCUT2D eigenvalue weighted by Crippen LogP contribution is -2.45. The Morgan fingerprint density at radius 2 is 1.50 bits per heavy atom. The fourth-order valence-electron chi connectivity index (χ4n) is 3.36. The van der Waals surface area contributed by atoms with Crippen molar-refractivity contribution in [3.8, 4) is 0 Å². The van der Waals surface area contributed by atoms with E-state index in [9.17, 15) is 34.8 Å². The molecule has 178 valence electrons. The highest BCUT2D eigenvalue weighted by molar-refractivity contribution is 14.1. The number of carbonyl (C=O) groups is 3. The van der Waals surface area contributed by atoms with Gasteiger partial charge >= 0.3 is 0 Å². The van der Waals surface area contributed by atoms with Gasteiger partial charge in [-0.15, -0.1) is 0 Å². The standard InChI is InChI=1S/C19H24I3N3O7/c20-14-12(18(23)31)15(21)17(25-4-2-1-3-11(25)30)16(22)13(14)19(32)24(5-9(28)7-26)6-10(29)8-27/h9-10,26-29H,1-8H2,(H2,23,31). The molecule has 1 saturated heterocycles. The summed E-state index contributed by atoms with van der Waals surface area (Å²) in [6.07, 6.45) is -0.667. The van der Waals surface area contributed by atoms with Crippen molar-refractivity contribution in [2.75, 3.05) is 37.7 Å². The van der Waals surface area contributed by atoms with Gasteiger partial charge in [0.15, 0.2) is 0 Å². The average molecular weight is 787 g/mol. The molecule has 6 N–H and O–H groups in total. The monoisotopic (exact) mass is 787 g/mol. The molecule has 0 bridgehead atoms. The number of carbonyl (C=O) groups excluding carboxylic acids is 3. The summed E-state index contributed by atoms with van der Waals surface area (Å²) in [7, 11) is 0. The van der Waals surface area contributed by atoms with E-state index in [1.54, 1.807) is 4.90 Å². The van der Waals surface area contributed by atoms with Gasteiger partial charge in [-0.05, 0) is 80.6 Å². The Balaban J connectivity index is 2.70. The highest BCUT2D eigenvalue weighted by atomic mass is 127. The van der Waals surface area contributed by atoms with Gasteiger partial charge in [-0.3, -0.25) is 14.4 Å².